The smallest absolute Gasteiger partial charge is 0.316 e. The summed E-state index contributed by atoms with van der Waals surface area (Å²) in [5.41, 5.74) is 2.12. The van der Waals surface area contributed by atoms with Gasteiger partial charge in [-0.15, -0.1) is 0 Å². The summed E-state index contributed by atoms with van der Waals surface area (Å²) in [6.07, 6.45) is -2.46. The minimum atomic E-state index is -4.17. The fourth-order valence-corrected chi connectivity index (χ4v) is 4.76. The third-order valence-electron chi connectivity index (χ3n) is 6.50. The number of nitrogens with zero attached hydrogens (tertiary/aromatic N) is 3. The first-order chi connectivity index (χ1) is 13.3. The molecule has 0 bridgehead atoms. The van der Waals surface area contributed by atoms with Gasteiger partial charge in [-0.1, -0.05) is 6.92 Å². The number of nitrogens with one attached hydrogen (secondary N) is 1. The second-order valence-corrected chi connectivity index (χ2v) is 8.42. The van der Waals surface area contributed by atoms with Gasteiger partial charge < -0.3 is 5.32 Å². The van der Waals surface area contributed by atoms with Crippen LogP contribution < -0.4 is 5.32 Å². The average molecular weight is 398 g/mol. The van der Waals surface area contributed by atoms with Gasteiger partial charge in [0, 0.05) is 24.1 Å². The van der Waals surface area contributed by atoms with E-state index in [4.69, 9.17) is 0 Å². The molecule has 8 heteroatoms. The Morgan fingerprint density at radius 1 is 1.14 bits per heavy atom. The van der Waals surface area contributed by atoms with E-state index >= 15 is 4.39 Å². The van der Waals surface area contributed by atoms with Gasteiger partial charge in [0.15, 0.2) is 11.5 Å². The molecule has 28 heavy (non-hydrogen) atoms. The maximum absolute atomic E-state index is 15.2. The third kappa shape index (κ3) is 3.51. The molecule has 0 aromatic carbocycles. The molecule has 1 N–H and O–H groups in total. The Kier molecular flexibility index (Phi) is 5.10. The van der Waals surface area contributed by atoms with E-state index < -0.39 is 17.9 Å². The number of aromatic nitrogens is 3. The summed E-state index contributed by atoms with van der Waals surface area (Å²) in [5, 5.41) is 7.93. The zero-order chi connectivity index (χ0) is 20.1. The Morgan fingerprint density at radius 2 is 1.86 bits per heavy atom. The lowest BCUT2D eigenvalue weighted by Gasteiger charge is -2.30. The number of fused-ring (bicyclic) bond motifs is 1. The van der Waals surface area contributed by atoms with E-state index in [9.17, 15) is 13.2 Å². The van der Waals surface area contributed by atoms with Crippen LogP contribution in [0.15, 0.2) is 6.07 Å². The molecule has 0 amide bonds. The largest absolute Gasteiger partial charge is 0.391 e. The number of hydrogen-bond donors (Lipinski definition) is 1. The first-order valence-electron chi connectivity index (χ1n) is 10.1. The van der Waals surface area contributed by atoms with Crippen molar-refractivity contribution in [2.45, 2.75) is 64.0 Å². The van der Waals surface area contributed by atoms with Crippen LogP contribution in [0.3, 0.4) is 0 Å². The van der Waals surface area contributed by atoms with Crippen LogP contribution >= 0.6 is 0 Å². The van der Waals surface area contributed by atoms with E-state index in [0.29, 0.717) is 18.8 Å². The van der Waals surface area contributed by atoms with Gasteiger partial charge in [0.1, 0.15) is 5.69 Å². The predicted molar refractivity (Wildman–Crippen MR) is 97.8 cm³/mol. The fourth-order valence-electron chi connectivity index (χ4n) is 4.76. The molecule has 1 saturated carbocycles. The molecule has 1 saturated heterocycles. The Labute approximate surface area is 161 Å². The standard InChI is InChI=1S/C20H26F4N4/c1-11-7-8-25-10-15(11)16-9-12(2)26-19-17(21)18(27-28(16)19)13-3-5-14(6-4-13)20(22,23)24/h9,11,13-15,25H,3-8,10H2,1-2H3/t11-,13?,14?,15-/m1/s1. The summed E-state index contributed by atoms with van der Waals surface area (Å²) in [5.74, 6) is -1.41. The van der Waals surface area contributed by atoms with Crippen LogP contribution in [0.5, 0.6) is 0 Å². The Bertz CT molecular complexity index is 852. The molecular formula is C20H26F4N4. The molecule has 4 rings (SSSR count). The van der Waals surface area contributed by atoms with Gasteiger partial charge in [-0.05, 0) is 57.6 Å². The van der Waals surface area contributed by atoms with Crippen molar-refractivity contribution in [3.63, 3.8) is 0 Å². The summed E-state index contributed by atoms with van der Waals surface area (Å²) in [6.45, 7) is 5.79. The quantitative estimate of drug-likeness (QED) is 0.744. The van der Waals surface area contributed by atoms with Gasteiger partial charge in [0.25, 0.3) is 0 Å². The van der Waals surface area contributed by atoms with Crippen LogP contribution in [0, 0.1) is 24.6 Å². The monoisotopic (exact) mass is 398 g/mol. The fraction of sp³-hybridized carbons (Fsp3) is 0.700. The number of alkyl halides is 3. The molecule has 0 spiro atoms. The predicted octanol–water partition coefficient (Wildman–Crippen LogP) is 4.73. The highest BCUT2D eigenvalue weighted by molar-refractivity contribution is 5.45. The zero-order valence-electron chi connectivity index (χ0n) is 16.2. The van der Waals surface area contributed by atoms with Crippen LogP contribution in [0.4, 0.5) is 17.6 Å². The van der Waals surface area contributed by atoms with Crippen LogP contribution in [-0.2, 0) is 0 Å². The average Bonchev–Trinajstić information content (AvgIpc) is 2.98. The van der Waals surface area contributed by atoms with E-state index in [1.807, 2.05) is 13.0 Å². The molecule has 1 aliphatic heterocycles. The Balaban J connectivity index is 1.68. The number of halogens is 4. The summed E-state index contributed by atoms with van der Waals surface area (Å²) >= 11 is 0. The maximum Gasteiger partial charge on any atom is 0.391 e. The zero-order valence-corrected chi connectivity index (χ0v) is 16.2. The molecule has 2 aromatic rings. The highest BCUT2D eigenvalue weighted by atomic mass is 19.4. The van der Waals surface area contributed by atoms with Crippen molar-refractivity contribution in [2.75, 3.05) is 13.1 Å². The molecule has 0 unspecified atom stereocenters. The van der Waals surface area contributed by atoms with Gasteiger partial charge in [-0.2, -0.15) is 18.3 Å². The van der Waals surface area contributed by atoms with Gasteiger partial charge >= 0.3 is 6.18 Å². The number of hydrogen-bond acceptors (Lipinski definition) is 3. The van der Waals surface area contributed by atoms with Gasteiger partial charge in [0.2, 0.25) is 0 Å². The molecule has 1 aliphatic carbocycles. The van der Waals surface area contributed by atoms with E-state index in [2.05, 4.69) is 22.3 Å². The molecule has 3 heterocycles. The third-order valence-corrected chi connectivity index (χ3v) is 6.50. The van der Waals surface area contributed by atoms with Crippen LogP contribution in [-0.4, -0.2) is 33.9 Å². The van der Waals surface area contributed by atoms with E-state index in [1.165, 1.54) is 0 Å². The van der Waals surface area contributed by atoms with Gasteiger partial charge in [-0.25, -0.2) is 13.9 Å². The molecule has 0 radical (unpaired) electrons. The molecule has 2 fully saturated rings. The highest BCUT2D eigenvalue weighted by Crippen LogP contribution is 2.43. The lowest BCUT2D eigenvalue weighted by Crippen LogP contribution is -2.35. The highest BCUT2D eigenvalue weighted by Gasteiger charge is 2.42. The second-order valence-electron chi connectivity index (χ2n) is 8.42. The summed E-state index contributed by atoms with van der Waals surface area (Å²) in [7, 11) is 0. The van der Waals surface area contributed by atoms with Crippen molar-refractivity contribution in [3.8, 4) is 0 Å². The van der Waals surface area contributed by atoms with Crippen molar-refractivity contribution in [1.82, 2.24) is 19.9 Å². The molecule has 154 valence electrons. The van der Waals surface area contributed by atoms with E-state index in [0.717, 1.165) is 30.9 Å². The van der Waals surface area contributed by atoms with Crippen molar-refractivity contribution in [1.29, 1.82) is 0 Å². The van der Waals surface area contributed by atoms with E-state index in [-0.39, 0.29) is 36.0 Å². The lowest BCUT2D eigenvalue weighted by molar-refractivity contribution is -0.182. The number of rotatable bonds is 2. The van der Waals surface area contributed by atoms with Crippen LogP contribution in [0.1, 0.15) is 67.9 Å². The normalized spacial score (nSPS) is 29.4. The topological polar surface area (TPSA) is 42.2 Å². The molecular weight excluding hydrogens is 372 g/mol. The minimum absolute atomic E-state index is 0.0321. The first kappa shape index (κ1) is 19.6. The van der Waals surface area contributed by atoms with Crippen molar-refractivity contribution < 1.29 is 17.6 Å². The van der Waals surface area contributed by atoms with Crippen molar-refractivity contribution in [2.24, 2.45) is 11.8 Å². The van der Waals surface area contributed by atoms with Crippen LogP contribution in [0.2, 0.25) is 0 Å². The van der Waals surface area contributed by atoms with Gasteiger partial charge in [0.05, 0.1) is 11.6 Å². The second kappa shape index (κ2) is 7.28. The first-order valence-corrected chi connectivity index (χ1v) is 10.1. The lowest BCUT2D eigenvalue weighted by atomic mass is 9.80. The summed E-state index contributed by atoms with van der Waals surface area (Å²) in [6, 6.07) is 1.96. The van der Waals surface area contributed by atoms with Crippen molar-refractivity contribution >= 4 is 5.65 Å². The van der Waals surface area contributed by atoms with E-state index in [1.54, 1.807) is 4.52 Å². The molecule has 4 nitrogen and oxygen atoms in total. The number of aryl methyl sites for hydroxylation is 1. The maximum atomic E-state index is 15.2. The molecule has 2 atom stereocenters. The Hall–Kier alpha value is -1.70. The summed E-state index contributed by atoms with van der Waals surface area (Å²) < 4.78 is 55.6. The molecule has 2 aromatic heterocycles. The van der Waals surface area contributed by atoms with Gasteiger partial charge in [-0.3, -0.25) is 0 Å². The molecule has 2 aliphatic rings. The number of piperidine rings is 1. The Morgan fingerprint density at radius 3 is 2.50 bits per heavy atom. The summed E-state index contributed by atoms with van der Waals surface area (Å²) in [4.78, 5) is 4.35. The SMILES string of the molecule is Cc1cc([C@@H]2CNCC[C@H]2C)n2nc(C3CCC(C(F)(F)F)CC3)c(F)c2n1. The minimum Gasteiger partial charge on any atom is -0.316 e. The van der Waals surface area contributed by atoms with Crippen molar-refractivity contribution in [3.05, 3.63) is 29.0 Å². The van der Waals surface area contributed by atoms with Crippen LogP contribution in [0.25, 0.3) is 5.65 Å².